The minimum atomic E-state index is -0.590. The van der Waals surface area contributed by atoms with E-state index in [1.807, 2.05) is 13.0 Å². The molecular formula is C18H25N3O. The number of H-pyrrole nitrogens is 1. The summed E-state index contributed by atoms with van der Waals surface area (Å²) in [5.41, 5.74) is 2.95. The molecule has 0 aliphatic carbocycles. The number of aliphatic hydroxyl groups is 1. The first-order valence-electron chi connectivity index (χ1n) is 8.02. The molecule has 118 valence electrons. The van der Waals surface area contributed by atoms with Gasteiger partial charge in [0.15, 0.2) is 0 Å². The molecule has 1 aliphatic heterocycles. The normalized spacial score (nSPS) is 26.2. The molecule has 4 heteroatoms. The van der Waals surface area contributed by atoms with E-state index >= 15 is 0 Å². The predicted octanol–water partition coefficient (Wildman–Crippen LogP) is 2.53. The second-order valence-electron chi connectivity index (χ2n) is 6.70. The maximum Gasteiger partial charge on any atom is 0.0925 e. The highest BCUT2D eigenvalue weighted by Crippen LogP contribution is 2.31. The number of imidazole rings is 1. The molecule has 1 saturated heterocycles. The third kappa shape index (κ3) is 3.39. The van der Waals surface area contributed by atoms with Crippen LogP contribution >= 0.6 is 0 Å². The lowest BCUT2D eigenvalue weighted by molar-refractivity contribution is -0.0596. The Morgan fingerprint density at radius 3 is 2.82 bits per heavy atom. The SMILES string of the molecule is Cc1[nH]cnc1CN1CC[C@@](C)(O)[C@@H](Cc2ccccc2)C1. The summed E-state index contributed by atoms with van der Waals surface area (Å²) in [7, 11) is 0. The van der Waals surface area contributed by atoms with Crippen LogP contribution in [0.2, 0.25) is 0 Å². The summed E-state index contributed by atoms with van der Waals surface area (Å²) in [4.78, 5) is 9.95. The molecule has 0 unspecified atom stereocenters. The lowest BCUT2D eigenvalue weighted by Gasteiger charge is -2.42. The van der Waals surface area contributed by atoms with E-state index in [0.29, 0.717) is 0 Å². The van der Waals surface area contributed by atoms with E-state index in [1.54, 1.807) is 6.33 Å². The number of aryl methyl sites for hydroxylation is 1. The van der Waals surface area contributed by atoms with Gasteiger partial charge in [0.05, 0.1) is 17.6 Å². The summed E-state index contributed by atoms with van der Waals surface area (Å²) < 4.78 is 0. The Kier molecular flexibility index (Phi) is 4.32. The fourth-order valence-electron chi connectivity index (χ4n) is 3.27. The molecular weight excluding hydrogens is 274 g/mol. The lowest BCUT2D eigenvalue weighted by Crippen LogP contribution is -2.50. The number of aromatic amines is 1. The van der Waals surface area contributed by atoms with Crippen LogP contribution in [0.15, 0.2) is 36.7 Å². The molecule has 2 N–H and O–H groups in total. The molecule has 4 nitrogen and oxygen atoms in total. The van der Waals surface area contributed by atoms with Gasteiger partial charge in [0.2, 0.25) is 0 Å². The summed E-state index contributed by atoms with van der Waals surface area (Å²) in [5, 5.41) is 10.7. The summed E-state index contributed by atoms with van der Waals surface area (Å²) in [6, 6.07) is 10.5. The lowest BCUT2D eigenvalue weighted by atomic mass is 9.79. The molecule has 2 atom stereocenters. The van der Waals surface area contributed by atoms with E-state index < -0.39 is 5.60 Å². The van der Waals surface area contributed by atoms with Crippen LogP contribution in [0.5, 0.6) is 0 Å². The molecule has 0 spiro atoms. The molecule has 1 aliphatic rings. The zero-order valence-electron chi connectivity index (χ0n) is 13.4. The van der Waals surface area contributed by atoms with E-state index in [0.717, 1.165) is 43.9 Å². The Bertz CT molecular complexity index is 606. The molecule has 1 aromatic carbocycles. The number of benzene rings is 1. The minimum absolute atomic E-state index is 0.253. The molecule has 22 heavy (non-hydrogen) atoms. The number of hydrogen-bond acceptors (Lipinski definition) is 3. The van der Waals surface area contributed by atoms with Crippen LogP contribution in [0, 0.1) is 12.8 Å². The average molecular weight is 299 g/mol. The van der Waals surface area contributed by atoms with E-state index in [-0.39, 0.29) is 5.92 Å². The van der Waals surface area contributed by atoms with Gasteiger partial charge in [-0.05, 0) is 32.3 Å². The Morgan fingerprint density at radius 2 is 2.14 bits per heavy atom. The van der Waals surface area contributed by atoms with Crippen molar-refractivity contribution in [3.8, 4) is 0 Å². The number of likely N-dealkylation sites (tertiary alicyclic amines) is 1. The van der Waals surface area contributed by atoms with Crippen molar-refractivity contribution in [2.75, 3.05) is 13.1 Å². The summed E-state index contributed by atoms with van der Waals surface area (Å²) in [6.07, 6.45) is 3.49. The van der Waals surface area contributed by atoms with Gasteiger partial charge >= 0.3 is 0 Å². The van der Waals surface area contributed by atoms with E-state index in [4.69, 9.17) is 0 Å². The summed E-state index contributed by atoms with van der Waals surface area (Å²) in [6.45, 7) is 6.73. The van der Waals surface area contributed by atoms with Gasteiger partial charge in [0.25, 0.3) is 0 Å². The standard InChI is InChI=1S/C18H25N3O/c1-14-17(20-13-19-14)12-21-9-8-18(2,22)16(11-21)10-15-6-4-3-5-7-15/h3-7,13,16,22H,8-12H2,1-2H3,(H,19,20)/t16-,18+/m0/s1. The van der Waals surface area contributed by atoms with Crippen LogP contribution in [0.4, 0.5) is 0 Å². The number of nitrogens with one attached hydrogen (secondary N) is 1. The van der Waals surface area contributed by atoms with Crippen molar-refractivity contribution in [3.63, 3.8) is 0 Å². The van der Waals surface area contributed by atoms with Crippen molar-refractivity contribution in [1.29, 1.82) is 0 Å². The number of aromatic nitrogens is 2. The van der Waals surface area contributed by atoms with Crippen LogP contribution in [-0.4, -0.2) is 38.7 Å². The van der Waals surface area contributed by atoms with E-state index in [9.17, 15) is 5.11 Å². The van der Waals surface area contributed by atoms with Crippen molar-refractivity contribution >= 4 is 0 Å². The van der Waals surface area contributed by atoms with Gasteiger partial charge in [0.1, 0.15) is 0 Å². The van der Waals surface area contributed by atoms with Crippen LogP contribution < -0.4 is 0 Å². The monoisotopic (exact) mass is 299 g/mol. The molecule has 2 heterocycles. The van der Waals surface area contributed by atoms with Gasteiger partial charge in [-0.15, -0.1) is 0 Å². The Morgan fingerprint density at radius 1 is 1.36 bits per heavy atom. The van der Waals surface area contributed by atoms with Crippen LogP contribution in [0.1, 0.15) is 30.3 Å². The fraction of sp³-hybridized carbons (Fsp3) is 0.500. The second-order valence-corrected chi connectivity index (χ2v) is 6.70. The number of nitrogens with zero attached hydrogens (tertiary/aromatic N) is 2. The molecule has 3 rings (SSSR count). The Balaban J connectivity index is 1.69. The molecule has 0 saturated carbocycles. The highest BCUT2D eigenvalue weighted by molar-refractivity contribution is 5.17. The van der Waals surface area contributed by atoms with Gasteiger partial charge in [-0.1, -0.05) is 30.3 Å². The Hall–Kier alpha value is -1.65. The first kappa shape index (κ1) is 15.3. The van der Waals surface area contributed by atoms with E-state index in [1.165, 1.54) is 5.56 Å². The molecule has 0 radical (unpaired) electrons. The number of piperidine rings is 1. The number of hydrogen-bond donors (Lipinski definition) is 2. The van der Waals surface area contributed by atoms with Gasteiger partial charge < -0.3 is 10.1 Å². The molecule has 2 aromatic rings. The fourth-order valence-corrected chi connectivity index (χ4v) is 3.27. The van der Waals surface area contributed by atoms with Crippen LogP contribution in [0.3, 0.4) is 0 Å². The van der Waals surface area contributed by atoms with Gasteiger partial charge in [-0.25, -0.2) is 4.98 Å². The first-order chi connectivity index (χ1) is 10.5. The zero-order chi connectivity index (χ0) is 15.6. The highest BCUT2D eigenvalue weighted by atomic mass is 16.3. The molecule has 1 aromatic heterocycles. The molecule has 1 fully saturated rings. The van der Waals surface area contributed by atoms with Crippen molar-refractivity contribution < 1.29 is 5.11 Å². The van der Waals surface area contributed by atoms with Crippen LogP contribution in [-0.2, 0) is 13.0 Å². The minimum Gasteiger partial charge on any atom is -0.390 e. The quantitative estimate of drug-likeness (QED) is 0.912. The van der Waals surface area contributed by atoms with Crippen LogP contribution in [0.25, 0.3) is 0 Å². The van der Waals surface area contributed by atoms with Crippen molar-refractivity contribution in [2.24, 2.45) is 5.92 Å². The van der Waals surface area contributed by atoms with Crippen molar-refractivity contribution in [1.82, 2.24) is 14.9 Å². The summed E-state index contributed by atoms with van der Waals surface area (Å²) >= 11 is 0. The third-order valence-corrected chi connectivity index (χ3v) is 4.92. The summed E-state index contributed by atoms with van der Waals surface area (Å²) in [5.74, 6) is 0.253. The maximum atomic E-state index is 10.7. The average Bonchev–Trinajstić information content (AvgIpc) is 2.89. The largest absolute Gasteiger partial charge is 0.390 e. The van der Waals surface area contributed by atoms with E-state index in [2.05, 4.69) is 46.1 Å². The topological polar surface area (TPSA) is 52.2 Å². The highest BCUT2D eigenvalue weighted by Gasteiger charge is 2.37. The maximum absolute atomic E-state index is 10.7. The van der Waals surface area contributed by atoms with Crippen molar-refractivity contribution in [3.05, 3.63) is 53.6 Å². The third-order valence-electron chi connectivity index (χ3n) is 4.92. The predicted molar refractivity (Wildman–Crippen MR) is 87.5 cm³/mol. The molecule has 0 amide bonds. The Labute approximate surface area is 132 Å². The van der Waals surface area contributed by atoms with Gasteiger partial charge in [0, 0.05) is 31.2 Å². The van der Waals surface area contributed by atoms with Gasteiger partial charge in [-0.3, -0.25) is 4.90 Å². The first-order valence-corrected chi connectivity index (χ1v) is 8.02. The smallest absolute Gasteiger partial charge is 0.0925 e. The second kappa shape index (κ2) is 6.23. The molecule has 0 bridgehead atoms. The van der Waals surface area contributed by atoms with Gasteiger partial charge in [-0.2, -0.15) is 0 Å². The zero-order valence-corrected chi connectivity index (χ0v) is 13.4. The van der Waals surface area contributed by atoms with Crippen molar-refractivity contribution in [2.45, 2.75) is 38.8 Å². The number of rotatable bonds is 4.